The third-order valence-corrected chi connectivity index (χ3v) is 2.90. The average Bonchev–Trinajstić information content (AvgIpc) is 2.59. The minimum atomic E-state index is -0.599. The second-order valence-electron chi connectivity index (χ2n) is 4.43. The van der Waals surface area contributed by atoms with Crippen molar-refractivity contribution >= 4 is 11.9 Å². The highest BCUT2D eigenvalue weighted by molar-refractivity contribution is 5.90. The fraction of sp³-hybridized carbons (Fsp3) is 0.176. The predicted octanol–water partition coefficient (Wildman–Crippen LogP) is 2.47. The smallest absolute Gasteiger partial charge is 0.349 e. The van der Waals surface area contributed by atoms with Crippen LogP contribution in [-0.4, -0.2) is 32.8 Å². The normalized spacial score (nSPS) is 9.83. The van der Waals surface area contributed by atoms with Gasteiger partial charge in [-0.15, -0.1) is 0 Å². The van der Waals surface area contributed by atoms with Crippen molar-refractivity contribution in [2.24, 2.45) is 0 Å². The third kappa shape index (κ3) is 4.47. The van der Waals surface area contributed by atoms with Crippen LogP contribution < -0.4 is 14.2 Å². The molecule has 0 radical (unpaired) electrons. The molecule has 0 fully saturated rings. The summed E-state index contributed by atoms with van der Waals surface area (Å²) < 4.78 is 20.2. The summed E-state index contributed by atoms with van der Waals surface area (Å²) in [7, 11) is 2.79. The van der Waals surface area contributed by atoms with Crippen LogP contribution in [0, 0.1) is 0 Å². The summed E-state index contributed by atoms with van der Waals surface area (Å²) in [5, 5.41) is 0. The van der Waals surface area contributed by atoms with Crippen molar-refractivity contribution in [3.8, 4) is 17.2 Å². The summed E-state index contributed by atoms with van der Waals surface area (Å²) in [5.74, 6) is 0.0934. The van der Waals surface area contributed by atoms with Gasteiger partial charge in [0.25, 0.3) is 0 Å². The van der Waals surface area contributed by atoms with E-state index in [-0.39, 0.29) is 12.4 Å². The lowest BCUT2D eigenvalue weighted by Gasteiger charge is -2.10. The molecule has 120 valence electrons. The van der Waals surface area contributed by atoms with Crippen molar-refractivity contribution in [1.82, 2.24) is 0 Å². The van der Waals surface area contributed by atoms with E-state index in [1.54, 1.807) is 42.5 Å². The van der Waals surface area contributed by atoms with Crippen LogP contribution in [0.2, 0.25) is 0 Å². The van der Waals surface area contributed by atoms with E-state index in [9.17, 15) is 9.59 Å². The van der Waals surface area contributed by atoms with Gasteiger partial charge >= 0.3 is 11.9 Å². The molecule has 0 heterocycles. The van der Waals surface area contributed by atoms with Gasteiger partial charge in [-0.25, -0.2) is 9.59 Å². The molecular weight excluding hydrogens is 300 g/mol. The highest BCUT2D eigenvalue weighted by atomic mass is 16.6. The Morgan fingerprint density at radius 3 is 2.39 bits per heavy atom. The molecule has 0 aliphatic heterocycles. The number of carbonyl (C=O) groups excluding carboxylic acids is 2. The Morgan fingerprint density at radius 1 is 0.957 bits per heavy atom. The molecule has 0 saturated heterocycles. The summed E-state index contributed by atoms with van der Waals surface area (Å²) in [6.07, 6.45) is 0. The maximum atomic E-state index is 11.8. The average molecular weight is 316 g/mol. The van der Waals surface area contributed by atoms with Crippen LogP contribution >= 0.6 is 0 Å². The van der Waals surface area contributed by atoms with E-state index in [0.717, 1.165) is 0 Å². The van der Waals surface area contributed by atoms with Crippen LogP contribution in [0.25, 0.3) is 0 Å². The topological polar surface area (TPSA) is 71.1 Å². The van der Waals surface area contributed by atoms with Gasteiger partial charge in [-0.3, -0.25) is 0 Å². The Kier molecular flexibility index (Phi) is 5.57. The van der Waals surface area contributed by atoms with Gasteiger partial charge in [0.05, 0.1) is 19.8 Å². The number of hydrogen-bond acceptors (Lipinski definition) is 6. The van der Waals surface area contributed by atoms with E-state index in [1.165, 1.54) is 20.3 Å². The van der Waals surface area contributed by atoms with Crippen LogP contribution in [0.1, 0.15) is 10.4 Å². The maximum Gasteiger partial charge on any atom is 0.349 e. The van der Waals surface area contributed by atoms with E-state index in [4.69, 9.17) is 14.2 Å². The second-order valence-corrected chi connectivity index (χ2v) is 4.43. The van der Waals surface area contributed by atoms with Gasteiger partial charge in [-0.1, -0.05) is 18.2 Å². The standard InChI is InChI=1S/C17H16O6/c1-20-14-8-3-4-9-15(14)22-11-16(18)23-13-7-5-6-12(10-13)17(19)21-2/h3-10H,11H2,1-2H3. The molecule has 0 amide bonds. The van der Waals surface area contributed by atoms with Gasteiger partial charge in [0.2, 0.25) is 0 Å². The number of benzene rings is 2. The second kappa shape index (κ2) is 7.84. The van der Waals surface area contributed by atoms with Crippen LogP contribution in [-0.2, 0) is 9.53 Å². The highest BCUT2D eigenvalue weighted by Gasteiger charge is 2.11. The molecular formula is C17H16O6. The molecule has 0 aromatic heterocycles. The summed E-state index contributed by atoms with van der Waals surface area (Å²) in [4.78, 5) is 23.3. The number of esters is 2. The molecule has 0 atom stereocenters. The fourth-order valence-corrected chi connectivity index (χ4v) is 1.84. The first-order chi connectivity index (χ1) is 11.1. The summed E-state index contributed by atoms with van der Waals surface area (Å²) in [6.45, 7) is -0.289. The SMILES string of the molecule is COC(=O)c1cccc(OC(=O)COc2ccccc2OC)c1. The van der Waals surface area contributed by atoms with Gasteiger partial charge < -0.3 is 18.9 Å². The van der Waals surface area contributed by atoms with Gasteiger partial charge in [0.15, 0.2) is 18.1 Å². The molecule has 0 bridgehead atoms. The lowest BCUT2D eigenvalue weighted by Crippen LogP contribution is -2.18. The molecule has 2 aromatic rings. The van der Waals surface area contributed by atoms with Crippen molar-refractivity contribution < 1.29 is 28.5 Å². The Morgan fingerprint density at radius 2 is 1.70 bits per heavy atom. The zero-order chi connectivity index (χ0) is 16.7. The first-order valence-electron chi connectivity index (χ1n) is 6.79. The zero-order valence-corrected chi connectivity index (χ0v) is 12.8. The van der Waals surface area contributed by atoms with Crippen molar-refractivity contribution in [3.63, 3.8) is 0 Å². The van der Waals surface area contributed by atoms with E-state index in [0.29, 0.717) is 17.1 Å². The predicted molar refractivity (Wildman–Crippen MR) is 81.9 cm³/mol. The molecule has 6 heteroatoms. The molecule has 2 rings (SSSR count). The van der Waals surface area contributed by atoms with Gasteiger partial charge in [-0.05, 0) is 30.3 Å². The largest absolute Gasteiger partial charge is 0.493 e. The number of ether oxygens (including phenoxy) is 4. The third-order valence-electron chi connectivity index (χ3n) is 2.90. The Bertz CT molecular complexity index is 695. The van der Waals surface area contributed by atoms with Gasteiger partial charge in [0.1, 0.15) is 5.75 Å². The number of hydrogen-bond donors (Lipinski definition) is 0. The first kappa shape index (κ1) is 16.4. The molecule has 23 heavy (non-hydrogen) atoms. The molecule has 0 aliphatic carbocycles. The maximum absolute atomic E-state index is 11.8. The molecule has 0 N–H and O–H groups in total. The van der Waals surface area contributed by atoms with Gasteiger partial charge in [0, 0.05) is 0 Å². The van der Waals surface area contributed by atoms with E-state index in [2.05, 4.69) is 4.74 Å². The molecule has 0 unspecified atom stereocenters. The van der Waals surface area contributed by atoms with Crippen molar-refractivity contribution in [2.75, 3.05) is 20.8 Å². The number of methoxy groups -OCH3 is 2. The van der Waals surface area contributed by atoms with Crippen molar-refractivity contribution in [1.29, 1.82) is 0 Å². The first-order valence-corrected chi connectivity index (χ1v) is 6.79. The van der Waals surface area contributed by atoms with E-state index < -0.39 is 11.9 Å². The van der Waals surface area contributed by atoms with E-state index in [1.807, 2.05) is 0 Å². The lowest BCUT2D eigenvalue weighted by atomic mass is 10.2. The molecule has 2 aromatic carbocycles. The van der Waals surface area contributed by atoms with Gasteiger partial charge in [-0.2, -0.15) is 0 Å². The molecule has 6 nitrogen and oxygen atoms in total. The lowest BCUT2D eigenvalue weighted by molar-refractivity contribution is -0.136. The Balaban J connectivity index is 1.96. The molecule has 0 aliphatic rings. The van der Waals surface area contributed by atoms with Crippen LogP contribution in [0.5, 0.6) is 17.2 Å². The summed E-state index contributed by atoms with van der Waals surface area (Å²) >= 11 is 0. The number of carbonyl (C=O) groups is 2. The Hall–Kier alpha value is -3.02. The highest BCUT2D eigenvalue weighted by Crippen LogP contribution is 2.25. The minimum Gasteiger partial charge on any atom is -0.493 e. The summed E-state index contributed by atoms with van der Waals surface area (Å²) in [6, 6.07) is 13.1. The summed E-state index contributed by atoms with van der Waals surface area (Å²) in [5.41, 5.74) is 0.295. The fourth-order valence-electron chi connectivity index (χ4n) is 1.84. The van der Waals surface area contributed by atoms with Crippen molar-refractivity contribution in [3.05, 3.63) is 54.1 Å². The number of rotatable bonds is 6. The monoisotopic (exact) mass is 316 g/mol. The zero-order valence-electron chi connectivity index (χ0n) is 12.8. The number of para-hydroxylation sites is 2. The van der Waals surface area contributed by atoms with E-state index >= 15 is 0 Å². The van der Waals surface area contributed by atoms with Crippen LogP contribution in [0.3, 0.4) is 0 Å². The Labute approximate surface area is 133 Å². The quantitative estimate of drug-likeness (QED) is 0.602. The molecule has 0 saturated carbocycles. The van der Waals surface area contributed by atoms with Crippen LogP contribution in [0.4, 0.5) is 0 Å². The molecule has 0 spiro atoms. The van der Waals surface area contributed by atoms with Crippen LogP contribution in [0.15, 0.2) is 48.5 Å². The van der Waals surface area contributed by atoms with Crippen molar-refractivity contribution in [2.45, 2.75) is 0 Å². The minimum absolute atomic E-state index is 0.238.